The Hall–Kier alpha value is -1.10. The molecular formula is C7H13N3O2. The first-order chi connectivity index (χ1) is 5.69. The van der Waals surface area contributed by atoms with Crippen LogP contribution in [0.1, 0.15) is 6.42 Å². The summed E-state index contributed by atoms with van der Waals surface area (Å²) in [4.78, 5) is 22.7. The van der Waals surface area contributed by atoms with Crippen LogP contribution in [0.2, 0.25) is 0 Å². The number of primary amides is 1. The minimum atomic E-state index is -0.431. The molecule has 2 unspecified atom stereocenters. The molecule has 0 bridgehead atoms. The third-order valence-corrected chi connectivity index (χ3v) is 2.21. The van der Waals surface area contributed by atoms with Crippen molar-refractivity contribution in [1.29, 1.82) is 0 Å². The number of carbonyl (C=O) groups is 2. The average molecular weight is 171 g/mol. The van der Waals surface area contributed by atoms with Crippen LogP contribution in [0.25, 0.3) is 0 Å². The van der Waals surface area contributed by atoms with Crippen molar-refractivity contribution >= 4 is 12.3 Å². The van der Waals surface area contributed by atoms with Crippen LogP contribution < -0.4 is 11.1 Å². The van der Waals surface area contributed by atoms with Crippen molar-refractivity contribution < 1.29 is 9.59 Å². The number of likely N-dealkylation sites (N-methyl/N-ethyl adjacent to an activating group) is 1. The predicted octanol–water partition coefficient (Wildman–Crippen LogP) is -1.71. The zero-order valence-corrected chi connectivity index (χ0v) is 6.99. The van der Waals surface area contributed by atoms with Crippen molar-refractivity contribution in [2.24, 2.45) is 5.73 Å². The van der Waals surface area contributed by atoms with Gasteiger partial charge in [0.05, 0.1) is 0 Å². The molecule has 5 nitrogen and oxygen atoms in total. The predicted molar refractivity (Wildman–Crippen MR) is 43.2 cm³/mol. The molecule has 1 rings (SSSR count). The molecule has 68 valence electrons. The number of likely N-dealkylation sites (tertiary alicyclic amines) is 1. The van der Waals surface area contributed by atoms with Gasteiger partial charge in [0.2, 0.25) is 12.3 Å². The van der Waals surface area contributed by atoms with E-state index in [0.717, 1.165) is 0 Å². The lowest BCUT2D eigenvalue weighted by atomic mass is 10.1. The van der Waals surface area contributed by atoms with Gasteiger partial charge in [-0.15, -0.1) is 0 Å². The maximum absolute atomic E-state index is 10.8. The first-order valence-electron chi connectivity index (χ1n) is 3.86. The zero-order chi connectivity index (χ0) is 9.14. The Labute approximate surface area is 70.9 Å². The fraction of sp³-hybridized carbons (Fsp3) is 0.714. The molecule has 0 radical (unpaired) electrons. The molecule has 0 spiro atoms. The van der Waals surface area contributed by atoms with Crippen molar-refractivity contribution in [1.82, 2.24) is 10.2 Å². The normalized spacial score (nSPS) is 28.9. The molecule has 0 saturated carbocycles. The Morgan fingerprint density at radius 3 is 2.75 bits per heavy atom. The molecule has 5 heteroatoms. The number of hydrogen-bond acceptors (Lipinski definition) is 3. The standard InChI is InChI=1S/C7H13N3O2/c1-9-5-2-6(7(8)12)10(3-5)4-11/h4-6,9H,2-3H2,1H3,(H2,8,12). The fourth-order valence-corrected chi connectivity index (χ4v) is 1.47. The van der Waals surface area contributed by atoms with Gasteiger partial charge in [-0.3, -0.25) is 9.59 Å². The van der Waals surface area contributed by atoms with Crippen LogP contribution in [0.3, 0.4) is 0 Å². The first-order valence-corrected chi connectivity index (χ1v) is 3.86. The summed E-state index contributed by atoms with van der Waals surface area (Å²) in [5.74, 6) is -0.431. The Morgan fingerprint density at radius 2 is 2.42 bits per heavy atom. The highest BCUT2D eigenvalue weighted by Crippen LogP contribution is 2.14. The number of hydrogen-bond donors (Lipinski definition) is 2. The highest BCUT2D eigenvalue weighted by molar-refractivity contribution is 5.82. The molecule has 1 saturated heterocycles. The van der Waals surface area contributed by atoms with Gasteiger partial charge in [0.15, 0.2) is 0 Å². The molecule has 2 atom stereocenters. The van der Waals surface area contributed by atoms with Gasteiger partial charge in [-0.25, -0.2) is 0 Å². The van der Waals surface area contributed by atoms with Crippen molar-refractivity contribution in [3.8, 4) is 0 Å². The van der Waals surface area contributed by atoms with Crippen LogP contribution >= 0.6 is 0 Å². The second-order valence-electron chi connectivity index (χ2n) is 2.94. The van der Waals surface area contributed by atoms with Crippen LogP contribution in [-0.4, -0.2) is 42.9 Å². The second kappa shape index (κ2) is 3.53. The van der Waals surface area contributed by atoms with E-state index in [1.54, 1.807) is 7.05 Å². The third-order valence-electron chi connectivity index (χ3n) is 2.21. The molecule has 1 aliphatic heterocycles. The summed E-state index contributed by atoms with van der Waals surface area (Å²) in [6.45, 7) is 0.563. The SMILES string of the molecule is CNC1CC(C(N)=O)N(C=O)C1. The van der Waals surface area contributed by atoms with E-state index in [9.17, 15) is 9.59 Å². The van der Waals surface area contributed by atoms with Gasteiger partial charge in [-0.2, -0.15) is 0 Å². The van der Waals surface area contributed by atoms with E-state index in [-0.39, 0.29) is 6.04 Å². The fourth-order valence-electron chi connectivity index (χ4n) is 1.47. The maximum Gasteiger partial charge on any atom is 0.240 e. The zero-order valence-electron chi connectivity index (χ0n) is 6.99. The van der Waals surface area contributed by atoms with Crippen molar-refractivity contribution in [3.05, 3.63) is 0 Å². The van der Waals surface area contributed by atoms with Crippen LogP contribution in [0.15, 0.2) is 0 Å². The molecule has 1 heterocycles. The lowest BCUT2D eigenvalue weighted by Crippen LogP contribution is -2.39. The van der Waals surface area contributed by atoms with E-state index in [2.05, 4.69) is 5.32 Å². The minimum absolute atomic E-state index is 0.188. The van der Waals surface area contributed by atoms with E-state index in [1.807, 2.05) is 0 Å². The van der Waals surface area contributed by atoms with Crippen LogP contribution in [0.5, 0.6) is 0 Å². The number of nitrogens with one attached hydrogen (secondary N) is 1. The van der Waals surface area contributed by atoms with Gasteiger partial charge in [0, 0.05) is 12.6 Å². The van der Waals surface area contributed by atoms with Crippen LogP contribution in [-0.2, 0) is 9.59 Å². The van der Waals surface area contributed by atoms with Gasteiger partial charge in [0.25, 0.3) is 0 Å². The number of nitrogens with zero attached hydrogens (tertiary/aromatic N) is 1. The molecule has 1 fully saturated rings. The highest BCUT2D eigenvalue weighted by Gasteiger charge is 2.33. The molecule has 2 amide bonds. The van der Waals surface area contributed by atoms with E-state index in [1.165, 1.54) is 4.90 Å². The van der Waals surface area contributed by atoms with Gasteiger partial charge in [0.1, 0.15) is 6.04 Å². The summed E-state index contributed by atoms with van der Waals surface area (Å²) in [6.07, 6.45) is 1.29. The first kappa shape index (κ1) is 8.99. The Balaban J connectivity index is 2.62. The Morgan fingerprint density at radius 1 is 1.75 bits per heavy atom. The average Bonchev–Trinajstić information content (AvgIpc) is 2.47. The Bertz CT molecular complexity index is 195. The van der Waals surface area contributed by atoms with Gasteiger partial charge in [-0.1, -0.05) is 0 Å². The van der Waals surface area contributed by atoms with Gasteiger partial charge < -0.3 is 16.0 Å². The number of amides is 2. The van der Waals surface area contributed by atoms with Crippen molar-refractivity contribution in [2.75, 3.05) is 13.6 Å². The summed E-state index contributed by atoms with van der Waals surface area (Å²) in [5.41, 5.74) is 5.11. The number of carbonyl (C=O) groups excluding carboxylic acids is 2. The largest absolute Gasteiger partial charge is 0.368 e. The van der Waals surface area contributed by atoms with E-state index in [0.29, 0.717) is 19.4 Å². The lowest BCUT2D eigenvalue weighted by molar-refractivity contribution is -0.128. The minimum Gasteiger partial charge on any atom is -0.368 e. The van der Waals surface area contributed by atoms with E-state index < -0.39 is 11.9 Å². The third kappa shape index (κ3) is 1.55. The number of nitrogens with two attached hydrogens (primary N) is 1. The molecule has 1 aliphatic rings. The topological polar surface area (TPSA) is 75.4 Å². The molecule has 0 aromatic carbocycles. The van der Waals surface area contributed by atoms with Crippen molar-refractivity contribution in [2.45, 2.75) is 18.5 Å². The molecular weight excluding hydrogens is 158 g/mol. The summed E-state index contributed by atoms with van der Waals surface area (Å²) >= 11 is 0. The van der Waals surface area contributed by atoms with E-state index in [4.69, 9.17) is 5.73 Å². The monoisotopic (exact) mass is 171 g/mol. The van der Waals surface area contributed by atoms with Crippen LogP contribution in [0, 0.1) is 0 Å². The Kier molecular flexibility index (Phi) is 2.65. The molecule has 12 heavy (non-hydrogen) atoms. The maximum atomic E-state index is 10.8. The summed E-state index contributed by atoms with van der Waals surface area (Å²) in [6, 6.07) is -0.243. The number of rotatable bonds is 3. The highest BCUT2D eigenvalue weighted by atomic mass is 16.2. The summed E-state index contributed by atoms with van der Waals surface area (Å²) in [5, 5.41) is 3.00. The van der Waals surface area contributed by atoms with Gasteiger partial charge in [-0.05, 0) is 13.5 Å². The lowest BCUT2D eigenvalue weighted by Gasteiger charge is -2.15. The summed E-state index contributed by atoms with van der Waals surface area (Å²) < 4.78 is 0. The molecule has 3 N–H and O–H groups in total. The second-order valence-corrected chi connectivity index (χ2v) is 2.94. The quantitative estimate of drug-likeness (QED) is 0.496. The van der Waals surface area contributed by atoms with E-state index >= 15 is 0 Å². The molecule has 0 aromatic rings. The van der Waals surface area contributed by atoms with Crippen molar-refractivity contribution in [3.63, 3.8) is 0 Å². The van der Waals surface area contributed by atoms with Gasteiger partial charge >= 0.3 is 0 Å². The smallest absolute Gasteiger partial charge is 0.240 e. The molecule has 0 aromatic heterocycles. The summed E-state index contributed by atoms with van der Waals surface area (Å²) in [7, 11) is 1.80. The van der Waals surface area contributed by atoms with Crippen LogP contribution in [0.4, 0.5) is 0 Å². The molecule has 0 aliphatic carbocycles.